The molecule has 0 aliphatic carbocycles. The van der Waals surface area contributed by atoms with Crippen molar-refractivity contribution < 1.29 is 4.43 Å². The van der Waals surface area contributed by atoms with Gasteiger partial charge < -0.3 is 4.43 Å². The molecule has 1 aromatic carbocycles. The van der Waals surface area contributed by atoms with Crippen LogP contribution < -0.4 is 0 Å². The van der Waals surface area contributed by atoms with Gasteiger partial charge in [0.15, 0.2) is 0 Å². The van der Waals surface area contributed by atoms with Gasteiger partial charge in [0.05, 0.1) is 6.10 Å². The van der Waals surface area contributed by atoms with Gasteiger partial charge >= 0.3 is 0 Å². The van der Waals surface area contributed by atoms with Crippen LogP contribution in [0.1, 0.15) is 31.1 Å². The highest BCUT2D eigenvalue weighted by molar-refractivity contribution is 5.98. The van der Waals surface area contributed by atoms with Crippen molar-refractivity contribution in [3.05, 3.63) is 41.5 Å². The molecule has 0 spiro atoms. The van der Waals surface area contributed by atoms with Gasteiger partial charge in [0.25, 0.3) is 0 Å². The Hall–Kier alpha value is -0.863. The summed E-state index contributed by atoms with van der Waals surface area (Å²) in [4.78, 5) is 0. The van der Waals surface area contributed by atoms with Gasteiger partial charge in [-0.25, -0.2) is 0 Å². The van der Waals surface area contributed by atoms with Crippen LogP contribution in [0.2, 0.25) is 0 Å². The van der Waals surface area contributed by atoms with Crippen LogP contribution in [0.5, 0.6) is 0 Å². The molecule has 0 aliphatic heterocycles. The van der Waals surface area contributed by atoms with E-state index in [2.05, 4.69) is 28.7 Å². The van der Waals surface area contributed by atoms with E-state index in [-0.39, 0.29) is 6.10 Å². The highest BCUT2D eigenvalue weighted by Crippen LogP contribution is 2.20. The van der Waals surface area contributed by atoms with Crippen LogP contribution in [0.15, 0.2) is 30.3 Å². The van der Waals surface area contributed by atoms with Gasteiger partial charge in [-0.2, -0.15) is 0 Å². The Labute approximate surface area is 83.0 Å². The number of rotatable bonds is 3. The molecule has 0 fully saturated rings. The van der Waals surface area contributed by atoms with E-state index in [9.17, 15) is 0 Å². The van der Waals surface area contributed by atoms with Crippen molar-refractivity contribution in [1.82, 2.24) is 0 Å². The SMILES string of the molecule is CC=Cc1ccccc1C(C)O[Si]. The molecule has 0 aromatic heterocycles. The Balaban J connectivity index is 3.04. The van der Waals surface area contributed by atoms with Gasteiger partial charge in [0, 0.05) is 0 Å². The minimum absolute atomic E-state index is 0.0732. The first-order valence-corrected chi connectivity index (χ1v) is 4.74. The Morgan fingerprint density at radius 1 is 1.38 bits per heavy atom. The third-order valence-corrected chi connectivity index (χ3v) is 2.31. The summed E-state index contributed by atoms with van der Waals surface area (Å²) in [5.74, 6) is 0. The Kier molecular flexibility index (Phi) is 3.93. The summed E-state index contributed by atoms with van der Waals surface area (Å²) < 4.78 is 5.09. The monoisotopic (exact) mass is 189 g/mol. The summed E-state index contributed by atoms with van der Waals surface area (Å²) in [5.41, 5.74) is 2.39. The molecule has 0 saturated carbocycles. The van der Waals surface area contributed by atoms with Gasteiger partial charge in [0.1, 0.15) is 0 Å². The molecule has 1 atom stereocenters. The molecule has 1 aromatic rings. The van der Waals surface area contributed by atoms with Crippen molar-refractivity contribution in [2.24, 2.45) is 0 Å². The van der Waals surface area contributed by atoms with Crippen LogP contribution in [0.25, 0.3) is 6.08 Å². The van der Waals surface area contributed by atoms with E-state index in [4.69, 9.17) is 4.43 Å². The maximum atomic E-state index is 5.09. The lowest BCUT2D eigenvalue weighted by molar-refractivity contribution is 0.250. The highest BCUT2D eigenvalue weighted by Gasteiger charge is 2.05. The number of hydrogen-bond acceptors (Lipinski definition) is 1. The van der Waals surface area contributed by atoms with Crippen molar-refractivity contribution in [2.45, 2.75) is 20.0 Å². The molecule has 1 unspecified atom stereocenters. The standard InChI is InChI=1S/C11H13OSi/c1-3-6-10-7-4-5-8-11(10)9(2)12-13/h3-9H,1-2H3. The lowest BCUT2D eigenvalue weighted by Crippen LogP contribution is -1.98. The Bertz CT molecular complexity index is 294. The van der Waals surface area contributed by atoms with Crippen molar-refractivity contribution in [2.75, 3.05) is 0 Å². The van der Waals surface area contributed by atoms with E-state index in [0.29, 0.717) is 0 Å². The van der Waals surface area contributed by atoms with Crippen LogP contribution in [-0.2, 0) is 4.43 Å². The first-order chi connectivity index (χ1) is 6.29. The van der Waals surface area contributed by atoms with Crippen LogP contribution in [0.3, 0.4) is 0 Å². The second-order valence-electron chi connectivity index (χ2n) is 2.89. The van der Waals surface area contributed by atoms with Crippen molar-refractivity contribution >= 4 is 16.6 Å². The predicted molar refractivity (Wildman–Crippen MR) is 56.4 cm³/mol. The molecule has 0 saturated heterocycles. The molecule has 13 heavy (non-hydrogen) atoms. The summed E-state index contributed by atoms with van der Waals surface area (Å²) in [6.07, 6.45) is 4.18. The van der Waals surface area contributed by atoms with E-state index in [1.807, 2.05) is 32.1 Å². The second-order valence-corrected chi connectivity index (χ2v) is 3.12. The summed E-state index contributed by atoms with van der Waals surface area (Å²) in [6, 6.07) is 8.19. The predicted octanol–water partition coefficient (Wildman–Crippen LogP) is 2.88. The highest BCUT2D eigenvalue weighted by atomic mass is 28.2. The van der Waals surface area contributed by atoms with Crippen LogP contribution >= 0.6 is 0 Å². The molecule has 1 nitrogen and oxygen atoms in total. The summed E-state index contributed by atoms with van der Waals surface area (Å²) in [5, 5.41) is 0. The van der Waals surface area contributed by atoms with Gasteiger partial charge in [0.2, 0.25) is 10.5 Å². The minimum Gasteiger partial charge on any atom is -0.412 e. The smallest absolute Gasteiger partial charge is 0.247 e. The molecule has 67 valence electrons. The summed E-state index contributed by atoms with van der Waals surface area (Å²) in [7, 11) is 3.06. The zero-order valence-electron chi connectivity index (χ0n) is 7.95. The van der Waals surface area contributed by atoms with Crippen molar-refractivity contribution in [3.8, 4) is 0 Å². The van der Waals surface area contributed by atoms with Crippen molar-refractivity contribution in [3.63, 3.8) is 0 Å². The van der Waals surface area contributed by atoms with E-state index < -0.39 is 0 Å². The molecular weight excluding hydrogens is 176 g/mol. The molecule has 0 N–H and O–H groups in total. The van der Waals surface area contributed by atoms with Gasteiger partial charge in [-0.1, -0.05) is 36.4 Å². The normalized spacial score (nSPS) is 13.5. The second kappa shape index (κ2) is 4.99. The lowest BCUT2D eigenvalue weighted by Gasteiger charge is -2.12. The van der Waals surface area contributed by atoms with Crippen LogP contribution in [0.4, 0.5) is 0 Å². The summed E-state index contributed by atoms with van der Waals surface area (Å²) >= 11 is 0. The third-order valence-electron chi connectivity index (χ3n) is 1.96. The van der Waals surface area contributed by atoms with Crippen molar-refractivity contribution in [1.29, 1.82) is 0 Å². The molecular formula is C11H13OSi. The maximum Gasteiger partial charge on any atom is 0.247 e. The molecule has 0 heterocycles. The Morgan fingerprint density at radius 2 is 2.08 bits per heavy atom. The topological polar surface area (TPSA) is 9.23 Å². The molecule has 3 radical (unpaired) electrons. The fraction of sp³-hybridized carbons (Fsp3) is 0.273. The largest absolute Gasteiger partial charge is 0.412 e. The van der Waals surface area contributed by atoms with Crippen LogP contribution in [-0.4, -0.2) is 10.5 Å². The zero-order valence-corrected chi connectivity index (χ0v) is 8.95. The molecule has 1 rings (SSSR count). The third kappa shape index (κ3) is 2.54. The zero-order chi connectivity index (χ0) is 9.68. The lowest BCUT2D eigenvalue weighted by atomic mass is 10.0. The quantitative estimate of drug-likeness (QED) is 0.664. The molecule has 0 amide bonds. The first-order valence-electron chi connectivity index (χ1n) is 4.33. The number of benzene rings is 1. The number of hydrogen-bond donors (Lipinski definition) is 0. The Morgan fingerprint density at radius 3 is 2.69 bits per heavy atom. The molecule has 2 heteroatoms. The van der Waals surface area contributed by atoms with E-state index in [1.165, 1.54) is 11.1 Å². The average Bonchev–Trinajstić information content (AvgIpc) is 2.18. The van der Waals surface area contributed by atoms with Crippen LogP contribution in [0, 0.1) is 0 Å². The van der Waals surface area contributed by atoms with Gasteiger partial charge in [-0.05, 0) is 25.0 Å². The first kappa shape index (κ1) is 10.2. The fourth-order valence-corrected chi connectivity index (χ4v) is 1.40. The van der Waals surface area contributed by atoms with Gasteiger partial charge in [-0.15, -0.1) is 0 Å². The van der Waals surface area contributed by atoms with Gasteiger partial charge in [-0.3, -0.25) is 0 Å². The maximum absolute atomic E-state index is 5.09. The van der Waals surface area contributed by atoms with E-state index in [0.717, 1.165) is 0 Å². The fourth-order valence-electron chi connectivity index (χ4n) is 1.28. The number of allylic oxidation sites excluding steroid dienone is 1. The molecule has 0 aliphatic rings. The van der Waals surface area contributed by atoms with E-state index in [1.54, 1.807) is 0 Å². The summed E-state index contributed by atoms with van der Waals surface area (Å²) in [6.45, 7) is 4.02. The van der Waals surface area contributed by atoms with E-state index >= 15 is 0 Å². The average molecular weight is 189 g/mol. The molecule has 0 bridgehead atoms. The minimum atomic E-state index is 0.0732.